The maximum absolute atomic E-state index is 12.5. The lowest BCUT2D eigenvalue weighted by Gasteiger charge is -2.27. The number of likely N-dealkylation sites (N-methyl/N-ethyl adjacent to an activating group) is 1. The van der Waals surface area contributed by atoms with Gasteiger partial charge in [-0.1, -0.05) is 30.3 Å². The third-order valence-electron chi connectivity index (χ3n) is 4.66. The molecule has 0 spiro atoms. The average molecular weight is 427 g/mol. The van der Waals surface area contributed by atoms with E-state index in [1.54, 1.807) is 6.92 Å². The van der Waals surface area contributed by atoms with E-state index >= 15 is 0 Å². The summed E-state index contributed by atoms with van der Waals surface area (Å²) >= 11 is 1.33. The van der Waals surface area contributed by atoms with Crippen molar-refractivity contribution in [1.29, 1.82) is 0 Å². The number of hydrogen-bond acceptors (Lipinski definition) is 5. The van der Waals surface area contributed by atoms with E-state index in [2.05, 4.69) is 10.6 Å². The van der Waals surface area contributed by atoms with E-state index in [0.717, 1.165) is 11.1 Å². The molecule has 0 radical (unpaired) electrons. The Labute approximate surface area is 177 Å². The molecule has 0 bridgehead atoms. The maximum atomic E-state index is 12.5. The molecule has 0 saturated heterocycles. The molecular weight excluding hydrogens is 406 g/mol. The number of benzene rings is 1. The van der Waals surface area contributed by atoms with Crippen LogP contribution < -0.4 is 10.6 Å². The summed E-state index contributed by atoms with van der Waals surface area (Å²) in [6.45, 7) is 1.56. The highest BCUT2D eigenvalue weighted by Crippen LogP contribution is 2.30. The molecule has 1 aromatic heterocycles. The molecule has 3 N–H and O–H groups in total. The number of carboxylic acids is 1. The predicted octanol–water partition coefficient (Wildman–Crippen LogP) is 2.54. The molecule has 0 saturated carbocycles. The Morgan fingerprint density at radius 3 is 2.57 bits per heavy atom. The van der Waals surface area contributed by atoms with Crippen LogP contribution in [0, 0.1) is 0 Å². The lowest BCUT2D eigenvalue weighted by molar-refractivity contribution is -0.138. The van der Waals surface area contributed by atoms with Crippen LogP contribution in [0.15, 0.2) is 53.6 Å². The number of carbonyl (C=O) groups is 4. The molecular formula is C21H21N3O5S. The Hall–Kier alpha value is -3.46. The summed E-state index contributed by atoms with van der Waals surface area (Å²) in [5.74, 6) is -2.14. The normalized spacial score (nSPS) is 17.3. The van der Waals surface area contributed by atoms with Crippen molar-refractivity contribution in [3.8, 4) is 11.1 Å². The van der Waals surface area contributed by atoms with E-state index in [9.17, 15) is 24.3 Å². The van der Waals surface area contributed by atoms with Gasteiger partial charge >= 0.3 is 12.0 Å². The summed E-state index contributed by atoms with van der Waals surface area (Å²) < 4.78 is 0. The van der Waals surface area contributed by atoms with E-state index < -0.39 is 35.8 Å². The van der Waals surface area contributed by atoms with Gasteiger partial charge in [0.05, 0.1) is 12.5 Å². The van der Waals surface area contributed by atoms with E-state index in [-0.39, 0.29) is 6.42 Å². The van der Waals surface area contributed by atoms with Crippen LogP contribution in [0.4, 0.5) is 4.79 Å². The second kappa shape index (κ2) is 8.91. The van der Waals surface area contributed by atoms with Gasteiger partial charge in [-0.25, -0.2) is 4.79 Å². The minimum atomic E-state index is -1.34. The molecule has 156 valence electrons. The van der Waals surface area contributed by atoms with Gasteiger partial charge in [0.15, 0.2) is 11.8 Å². The first-order valence-corrected chi connectivity index (χ1v) is 10.1. The molecule has 2 unspecified atom stereocenters. The first-order chi connectivity index (χ1) is 14.3. The van der Waals surface area contributed by atoms with Gasteiger partial charge in [-0.05, 0) is 29.5 Å². The maximum Gasteiger partial charge on any atom is 0.316 e. The van der Waals surface area contributed by atoms with Crippen LogP contribution in [0.3, 0.4) is 0 Å². The monoisotopic (exact) mass is 427 g/mol. The van der Waals surface area contributed by atoms with E-state index in [1.807, 2.05) is 41.8 Å². The van der Waals surface area contributed by atoms with Crippen molar-refractivity contribution >= 4 is 35.0 Å². The molecule has 3 amide bonds. The highest BCUT2D eigenvalue weighted by molar-refractivity contribution is 7.10. The predicted molar refractivity (Wildman–Crippen MR) is 112 cm³/mol. The van der Waals surface area contributed by atoms with Gasteiger partial charge in [0.1, 0.15) is 0 Å². The number of aliphatic carboxylic acids is 1. The van der Waals surface area contributed by atoms with Gasteiger partial charge in [-0.15, -0.1) is 11.3 Å². The van der Waals surface area contributed by atoms with Gasteiger partial charge in [-0.2, -0.15) is 0 Å². The van der Waals surface area contributed by atoms with E-state index in [1.165, 1.54) is 29.5 Å². The van der Waals surface area contributed by atoms with Crippen LogP contribution in [0.1, 0.15) is 24.3 Å². The van der Waals surface area contributed by atoms with Crippen LogP contribution >= 0.6 is 11.3 Å². The van der Waals surface area contributed by atoms with Crippen molar-refractivity contribution < 1.29 is 24.3 Å². The van der Waals surface area contributed by atoms with Crippen molar-refractivity contribution in [3.05, 3.63) is 58.4 Å². The molecule has 8 nitrogen and oxygen atoms in total. The van der Waals surface area contributed by atoms with Crippen molar-refractivity contribution in [2.24, 2.45) is 0 Å². The van der Waals surface area contributed by atoms with Gasteiger partial charge in [0.2, 0.25) is 0 Å². The highest BCUT2D eigenvalue weighted by Gasteiger charge is 2.35. The van der Waals surface area contributed by atoms with Gasteiger partial charge in [0, 0.05) is 23.7 Å². The number of hydrogen-bond donors (Lipinski definition) is 3. The molecule has 1 aliphatic rings. The fourth-order valence-electron chi connectivity index (χ4n) is 3.13. The third kappa shape index (κ3) is 4.74. The molecule has 1 aromatic carbocycles. The SMILES string of the molecule is CC1=CN(C)C(=O)C(NC(=O)NC(CC(=O)O)c2cc(-c3ccccc3)cs2)C1=O. The number of nitrogens with one attached hydrogen (secondary N) is 2. The Kier molecular flexibility index (Phi) is 6.31. The van der Waals surface area contributed by atoms with E-state index in [0.29, 0.717) is 10.5 Å². The summed E-state index contributed by atoms with van der Waals surface area (Å²) in [6.07, 6.45) is 1.07. The number of thiophene rings is 1. The largest absolute Gasteiger partial charge is 0.481 e. The van der Waals surface area contributed by atoms with Gasteiger partial charge in [-0.3, -0.25) is 14.4 Å². The van der Waals surface area contributed by atoms with Crippen LogP contribution in [0.5, 0.6) is 0 Å². The number of rotatable bonds is 6. The minimum absolute atomic E-state index is 0.340. The second-order valence-corrected chi connectivity index (χ2v) is 7.87. The molecule has 1 aliphatic heterocycles. The first-order valence-electron chi connectivity index (χ1n) is 9.18. The second-order valence-electron chi connectivity index (χ2n) is 6.93. The van der Waals surface area contributed by atoms with Gasteiger partial charge < -0.3 is 20.6 Å². The number of amides is 3. The van der Waals surface area contributed by atoms with Gasteiger partial charge in [0.25, 0.3) is 5.91 Å². The topological polar surface area (TPSA) is 116 Å². The molecule has 9 heteroatoms. The van der Waals surface area contributed by atoms with Crippen LogP contribution in [0.2, 0.25) is 0 Å². The third-order valence-corrected chi connectivity index (χ3v) is 5.71. The summed E-state index contributed by atoms with van der Waals surface area (Å²) in [7, 11) is 1.49. The molecule has 0 fully saturated rings. The summed E-state index contributed by atoms with van der Waals surface area (Å²) in [5, 5.41) is 16.1. The number of carboxylic acid groups (broad SMARTS) is 1. The highest BCUT2D eigenvalue weighted by atomic mass is 32.1. The Balaban J connectivity index is 1.75. The van der Waals surface area contributed by atoms with Crippen LogP contribution in [-0.2, 0) is 14.4 Å². The van der Waals surface area contributed by atoms with Crippen LogP contribution in [0.25, 0.3) is 11.1 Å². The number of carbonyl (C=O) groups excluding carboxylic acids is 3. The standard InChI is InChI=1S/C21H21N3O5S/c1-12-10-24(2)20(28)18(19(12)27)23-21(29)22-15(9-17(25)26)16-8-14(11-30-16)13-6-4-3-5-7-13/h3-8,10-11,15,18H,9H2,1-2H3,(H,25,26)(H2,22,23,29). The smallest absolute Gasteiger partial charge is 0.316 e. The number of urea groups is 1. The zero-order valence-corrected chi connectivity index (χ0v) is 17.2. The summed E-state index contributed by atoms with van der Waals surface area (Å²) in [4.78, 5) is 50.2. The molecule has 2 aromatic rings. The van der Waals surface area contributed by atoms with Crippen molar-refractivity contribution in [3.63, 3.8) is 0 Å². The number of Topliss-reactive ketones (excluding diaryl/α,β-unsaturated/α-hetero) is 1. The first kappa shape index (κ1) is 21.3. The summed E-state index contributed by atoms with van der Waals surface area (Å²) in [6, 6.07) is 8.46. The van der Waals surface area contributed by atoms with Crippen molar-refractivity contribution in [2.45, 2.75) is 25.4 Å². The number of ketones is 1. The molecule has 3 rings (SSSR count). The lowest BCUT2D eigenvalue weighted by Crippen LogP contribution is -2.56. The van der Waals surface area contributed by atoms with Crippen molar-refractivity contribution in [1.82, 2.24) is 15.5 Å². The average Bonchev–Trinajstić information content (AvgIpc) is 3.20. The molecule has 2 heterocycles. The fourth-order valence-corrected chi connectivity index (χ4v) is 4.10. The lowest BCUT2D eigenvalue weighted by atomic mass is 10.0. The zero-order chi connectivity index (χ0) is 21.8. The zero-order valence-electron chi connectivity index (χ0n) is 16.4. The number of nitrogens with zero attached hydrogens (tertiary/aromatic N) is 1. The Morgan fingerprint density at radius 1 is 1.20 bits per heavy atom. The molecule has 0 aliphatic carbocycles. The molecule has 30 heavy (non-hydrogen) atoms. The summed E-state index contributed by atoms with van der Waals surface area (Å²) in [5.41, 5.74) is 2.23. The fraction of sp³-hybridized carbons (Fsp3) is 0.238. The Bertz CT molecular complexity index is 1010. The molecule has 2 atom stereocenters. The quantitative estimate of drug-likeness (QED) is 0.613. The minimum Gasteiger partial charge on any atom is -0.481 e. The van der Waals surface area contributed by atoms with Crippen molar-refractivity contribution in [2.75, 3.05) is 7.05 Å². The van der Waals surface area contributed by atoms with E-state index in [4.69, 9.17) is 0 Å². The Morgan fingerprint density at radius 2 is 1.90 bits per heavy atom. The van der Waals surface area contributed by atoms with Crippen LogP contribution in [-0.4, -0.2) is 46.8 Å².